The summed E-state index contributed by atoms with van der Waals surface area (Å²) in [6.45, 7) is -0.397. The molecule has 0 aliphatic carbocycles. The van der Waals surface area contributed by atoms with Crippen LogP contribution in [0, 0.1) is 5.82 Å². The van der Waals surface area contributed by atoms with Gasteiger partial charge in [0.25, 0.3) is 11.8 Å². The molecule has 1 atom stereocenters. The SMILES string of the molecule is Cn1nccc1[C@]1(CNC(=O)c2cc(F)ccc2-c2ccc(C(F)(F)F)cc2)NC(=O)NC1=O. The second-order valence-electron chi connectivity index (χ2n) is 7.60. The summed E-state index contributed by atoms with van der Waals surface area (Å²) in [4.78, 5) is 37.5. The maximum absolute atomic E-state index is 14.0. The lowest BCUT2D eigenvalue weighted by atomic mass is 9.94. The summed E-state index contributed by atoms with van der Waals surface area (Å²) in [5.41, 5.74) is -1.97. The molecule has 0 unspecified atom stereocenters. The van der Waals surface area contributed by atoms with E-state index in [2.05, 4.69) is 21.0 Å². The number of alkyl halides is 3. The predicted octanol–water partition coefficient (Wildman–Crippen LogP) is 2.71. The molecule has 0 bridgehead atoms. The molecule has 3 N–H and O–H groups in total. The zero-order chi connectivity index (χ0) is 24.7. The topological polar surface area (TPSA) is 105 Å². The fourth-order valence-electron chi connectivity index (χ4n) is 3.78. The summed E-state index contributed by atoms with van der Waals surface area (Å²) < 4.78 is 54.0. The number of nitrogens with zero attached hydrogens (tertiary/aromatic N) is 2. The van der Waals surface area contributed by atoms with E-state index in [0.717, 1.165) is 24.3 Å². The summed E-state index contributed by atoms with van der Waals surface area (Å²) in [6.07, 6.45) is -3.13. The molecule has 2 heterocycles. The number of imide groups is 1. The van der Waals surface area contributed by atoms with E-state index in [1.54, 1.807) is 7.05 Å². The lowest BCUT2D eigenvalue weighted by molar-refractivity contribution is -0.137. The number of urea groups is 1. The van der Waals surface area contributed by atoms with Gasteiger partial charge in [-0.25, -0.2) is 9.18 Å². The first-order valence-electron chi connectivity index (χ1n) is 9.89. The highest BCUT2D eigenvalue weighted by Gasteiger charge is 2.50. The van der Waals surface area contributed by atoms with E-state index in [-0.39, 0.29) is 16.7 Å². The minimum atomic E-state index is -4.53. The normalized spacial score (nSPS) is 17.9. The largest absolute Gasteiger partial charge is 0.416 e. The van der Waals surface area contributed by atoms with E-state index in [4.69, 9.17) is 0 Å². The van der Waals surface area contributed by atoms with Gasteiger partial charge in [0.2, 0.25) is 0 Å². The number of halogens is 4. The molecular weight excluding hydrogens is 458 g/mol. The van der Waals surface area contributed by atoms with Crippen molar-refractivity contribution in [2.45, 2.75) is 11.7 Å². The van der Waals surface area contributed by atoms with Crippen LogP contribution in [0.5, 0.6) is 0 Å². The summed E-state index contributed by atoms with van der Waals surface area (Å²) in [5.74, 6) is -2.26. The Bertz CT molecular complexity index is 1290. The average molecular weight is 475 g/mol. The number of carbonyl (C=O) groups is 3. The van der Waals surface area contributed by atoms with E-state index in [1.807, 2.05) is 0 Å². The number of hydrogen-bond donors (Lipinski definition) is 3. The van der Waals surface area contributed by atoms with Gasteiger partial charge in [-0.1, -0.05) is 18.2 Å². The van der Waals surface area contributed by atoms with Crippen molar-refractivity contribution in [3.8, 4) is 11.1 Å². The minimum absolute atomic E-state index is 0.162. The molecule has 12 heteroatoms. The number of carbonyl (C=O) groups excluding carboxylic acids is 3. The molecule has 3 aromatic rings. The van der Waals surface area contributed by atoms with E-state index < -0.39 is 47.5 Å². The van der Waals surface area contributed by atoms with Crippen LogP contribution in [0.3, 0.4) is 0 Å². The van der Waals surface area contributed by atoms with Gasteiger partial charge < -0.3 is 10.6 Å². The van der Waals surface area contributed by atoms with Gasteiger partial charge in [0.15, 0.2) is 5.54 Å². The molecule has 1 saturated heterocycles. The average Bonchev–Trinajstić information content (AvgIpc) is 3.34. The van der Waals surface area contributed by atoms with Gasteiger partial charge >= 0.3 is 12.2 Å². The van der Waals surface area contributed by atoms with Crippen molar-refractivity contribution in [3.63, 3.8) is 0 Å². The first-order valence-corrected chi connectivity index (χ1v) is 9.89. The molecular formula is C22H17F4N5O3. The maximum atomic E-state index is 14.0. The van der Waals surface area contributed by atoms with Gasteiger partial charge in [0, 0.05) is 13.2 Å². The number of hydrogen-bond acceptors (Lipinski definition) is 4. The summed E-state index contributed by atoms with van der Waals surface area (Å²) in [5, 5.41) is 11.1. The summed E-state index contributed by atoms with van der Waals surface area (Å²) in [7, 11) is 1.55. The van der Waals surface area contributed by atoms with E-state index in [1.165, 1.54) is 35.1 Å². The minimum Gasteiger partial charge on any atom is -0.349 e. The highest BCUT2D eigenvalue weighted by Crippen LogP contribution is 2.32. The third-order valence-corrected chi connectivity index (χ3v) is 5.46. The lowest BCUT2D eigenvalue weighted by Gasteiger charge is -2.26. The number of benzene rings is 2. The van der Waals surface area contributed by atoms with Crippen LogP contribution in [0.25, 0.3) is 11.1 Å². The molecule has 1 aliphatic heterocycles. The van der Waals surface area contributed by atoms with Crippen LogP contribution < -0.4 is 16.0 Å². The molecule has 34 heavy (non-hydrogen) atoms. The quantitative estimate of drug-likeness (QED) is 0.390. The van der Waals surface area contributed by atoms with Crippen LogP contribution in [-0.4, -0.2) is 34.2 Å². The van der Waals surface area contributed by atoms with Crippen molar-refractivity contribution in [1.29, 1.82) is 0 Å². The van der Waals surface area contributed by atoms with Gasteiger partial charge in [-0.3, -0.25) is 19.6 Å². The molecule has 0 saturated carbocycles. The Balaban J connectivity index is 1.65. The highest BCUT2D eigenvalue weighted by atomic mass is 19.4. The predicted molar refractivity (Wildman–Crippen MR) is 111 cm³/mol. The van der Waals surface area contributed by atoms with Crippen LogP contribution in [0.2, 0.25) is 0 Å². The molecule has 4 amide bonds. The van der Waals surface area contributed by atoms with E-state index >= 15 is 0 Å². The van der Waals surface area contributed by atoms with Crippen LogP contribution >= 0.6 is 0 Å². The van der Waals surface area contributed by atoms with Crippen LogP contribution in [0.4, 0.5) is 22.4 Å². The van der Waals surface area contributed by atoms with Crippen LogP contribution in [0.15, 0.2) is 54.7 Å². The third kappa shape index (κ3) is 4.09. The number of nitrogens with one attached hydrogen (secondary N) is 3. The van der Waals surface area contributed by atoms with Gasteiger partial charge in [-0.15, -0.1) is 0 Å². The summed E-state index contributed by atoms with van der Waals surface area (Å²) >= 11 is 0. The molecule has 4 rings (SSSR count). The van der Waals surface area contributed by atoms with Gasteiger partial charge in [-0.05, 0) is 41.5 Å². The maximum Gasteiger partial charge on any atom is 0.416 e. The van der Waals surface area contributed by atoms with Crippen molar-refractivity contribution in [2.24, 2.45) is 7.05 Å². The molecule has 1 aliphatic rings. The van der Waals surface area contributed by atoms with Crippen molar-refractivity contribution in [1.82, 2.24) is 25.7 Å². The smallest absolute Gasteiger partial charge is 0.349 e. The van der Waals surface area contributed by atoms with Gasteiger partial charge in [0.05, 0.1) is 23.4 Å². The Labute approximate surface area is 189 Å². The first-order chi connectivity index (χ1) is 16.0. The molecule has 1 fully saturated rings. The van der Waals surface area contributed by atoms with Crippen LogP contribution in [-0.2, 0) is 23.6 Å². The number of rotatable bonds is 5. The fourth-order valence-corrected chi connectivity index (χ4v) is 3.78. The monoisotopic (exact) mass is 475 g/mol. The zero-order valence-corrected chi connectivity index (χ0v) is 17.5. The van der Waals surface area contributed by atoms with Crippen molar-refractivity contribution in [3.05, 3.63) is 77.4 Å². The zero-order valence-electron chi connectivity index (χ0n) is 17.5. The lowest BCUT2D eigenvalue weighted by Crippen LogP contribution is -2.53. The third-order valence-electron chi connectivity index (χ3n) is 5.46. The molecule has 0 radical (unpaired) electrons. The van der Waals surface area contributed by atoms with Crippen molar-refractivity contribution < 1.29 is 31.9 Å². The fraction of sp³-hybridized carbons (Fsp3) is 0.182. The van der Waals surface area contributed by atoms with E-state index in [9.17, 15) is 31.9 Å². The highest BCUT2D eigenvalue weighted by molar-refractivity contribution is 6.08. The second-order valence-corrected chi connectivity index (χ2v) is 7.60. The van der Waals surface area contributed by atoms with Gasteiger partial charge in [0.1, 0.15) is 5.82 Å². The second kappa shape index (κ2) is 8.28. The van der Waals surface area contributed by atoms with Crippen molar-refractivity contribution in [2.75, 3.05) is 6.54 Å². The van der Waals surface area contributed by atoms with E-state index in [0.29, 0.717) is 5.69 Å². The number of amides is 4. The molecule has 0 spiro atoms. The van der Waals surface area contributed by atoms with Crippen molar-refractivity contribution >= 4 is 17.8 Å². The Morgan fingerprint density at radius 2 is 1.82 bits per heavy atom. The number of aryl methyl sites for hydroxylation is 1. The first kappa shape index (κ1) is 23.0. The van der Waals surface area contributed by atoms with Gasteiger partial charge in [-0.2, -0.15) is 18.3 Å². The molecule has 2 aromatic carbocycles. The Kier molecular flexibility index (Phi) is 5.59. The number of aromatic nitrogens is 2. The summed E-state index contributed by atoms with van der Waals surface area (Å²) in [6, 6.07) is 8.07. The molecule has 8 nitrogen and oxygen atoms in total. The standard InChI is InChI=1S/C22H17F4N5O3/c1-31-17(8-9-28-31)21(19(33)29-20(34)30-21)11-27-18(32)16-10-14(23)6-7-15(16)12-2-4-13(5-3-12)22(24,25)26/h2-10H,11H2,1H3,(H,27,32)(H2,29,30,33,34)/t21-/m0/s1. The Morgan fingerprint density at radius 3 is 2.38 bits per heavy atom. The van der Waals surface area contributed by atoms with Crippen LogP contribution in [0.1, 0.15) is 21.6 Å². The Morgan fingerprint density at radius 1 is 1.12 bits per heavy atom. The molecule has 176 valence electrons. The molecule has 1 aromatic heterocycles. The Hall–Kier alpha value is -4.22.